The second kappa shape index (κ2) is 7.00. The molecular weight excluding hydrogens is 336 g/mol. The zero-order chi connectivity index (χ0) is 19.0. The maximum Gasteiger partial charge on any atom is 0.258 e. The van der Waals surface area contributed by atoms with Crippen molar-refractivity contribution in [1.29, 1.82) is 0 Å². The molecule has 27 heavy (non-hydrogen) atoms. The van der Waals surface area contributed by atoms with Gasteiger partial charge >= 0.3 is 0 Å². The Morgan fingerprint density at radius 2 is 1.78 bits per heavy atom. The van der Waals surface area contributed by atoms with Gasteiger partial charge in [0.1, 0.15) is 5.65 Å². The van der Waals surface area contributed by atoms with Gasteiger partial charge in [-0.25, -0.2) is 4.98 Å². The lowest BCUT2D eigenvalue weighted by Gasteiger charge is -2.22. The molecule has 0 saturated carbocycles. The van der Waals surface area contributed by atoms with Crippen molar-refractivity contribution >= 4 is 16.9 Å². The third-order valence-corrected chi connectivity index (χ3v) is 5.12. The van der Waals surface area contributed by atoms with E-state index in [9.17, 15) is 4.79 Å². The largest absolute Gasteiger partial charge is 0.378 e. The maximum absolute atomic E-state index is 12.7. The summed E-state index contributed by atoms with van der Waals surface area (Å²) in [5, 5.41) is 0. The molecule has 0 unspecified atom stereocenters. The molecular formula is C22H24N4O. The Kier molecular flexibility index (Phi) is 4.54. The van der Waals surface area contributed by atoms with Crippen molar-refractivity contribution < 1.29 is 0 Å². The Morgan fingerprint density at radius 1 is 1.04 bits per heavy atom. The number of hydrogen-bond acceptors (Lipinski definition) is 4. The first kappa shape index (κ1) is 17.5. The number of aromatic nitrogens is 2. The highest BCUT2D eigenvalue weighted by Crippen LogP contribution is 2.23. The number of pyridine rings is 1. The van der Waals surface area contributed by atoms with E-state index in [0.717, 1.165) is 36.3 Å². The molecule has 138 valence electrons. The van der Waals surface area contributed by atoms with E-state index in [-0.39, 0.29) is 5.56 Å². The van der Waals surface area contributed by atoms with Crippen LogP contribution in [0, 0.1) is 0 Å². The molecule has 0 spiro atoms. The minimum Gasteiger partial charge on any atom is -0.378 e. The molecule has 1 aliphatic rings. The number of benzene rings is 1. The fraction of sp³-hybridized carbons (Fsp3) is 0.273. The SMILES string of the molecule is CN1CC=C(c2ccc3nc(-c4ccc(N(C)C)cc4)cc(=O)n3c2)CC1. The zero-order valence-electron chi connectivity index (χ0n) is 16.0. The second-order valence-electron chi connectivity index (χ2n) is 7.31. The molecule has 0 saturated heterocycles. The van der Waals surface area contributed by atoms with Crippen LogP contribution in [-0.2, 0) is 0 Å². The first-order chi connectivity index (χ1) is 13.0. The lowest BCUT2D eigenvalue weighted by molar-refractivity contribution is 0.370. The molecule has 0 bridgehead atoms. The lowest BCUT2D eigenvalue weighted by atomic mass is 10.0. The van der Waals surface area contributed by atoms with Gasteiger partial charge in [0.15, 0.2) is 0 Å². The van der Waals surface area contributed by atoms with E-state index >= 15 is 0 Å². The number of likely N-dealkylation sites (N-methyl/N-ethyl adjacent to an activating group) is 1. The Balaban J connectivity index is 1.72. The van der Waals surface area contributed by atoms with E-state index < -0.39 is 0 Å². The fourth-order valence-electron chi connectivity index (χ4n) is 3.40. The van der Waals surface area contributed by atoms with Gasteiger partial charge < -0.3 is 9.80 Å². The second-order valence-corrected chi connectivity index (χ2v) is 7.31. The number of hydrogen-bond donors (Lipinski definition) is 0. The topological polar surface area (TPSA) is 40.9 Å². The van der Waals surface area contributed by atoms with Crippen molar-refractivity contribution in [2.24, 2.45) is 0 Å². The van der Waals surface area contributed by atoms with Gasteiger partial charge in [0, 0.05) is 50.7 Å². The van der Waals surface area contributed by atoms with Crippen LogP contribution in [0.4, 0.5) is 5.69 Å². The molecule has 0 amide bonds. The van der Waals surface area contributed by atoms with Crippen LogP contribution >= 0.6 is 0 Å². The van der Waals surface area contributed by atoms with Crippen LogP contribution in [0.15, 0.2) is 59.5 Å². The normalized spacial score (nSPS) is 15.0. The Hall–Kier alpha value is -2.92. The maximum atomic E-state index is 12.7. The van der Waals surface area contributed by atoms with Crippen LogP contribution in [-0.4, -0.2) is 48.5 Å². The first-order valence-corrected chi connectivity index (χ1v) is 9.20. The standard InChI is InChI=1S/C22H24N4O/c1-24(2)19-7-4-17(5-8-19)20-14-22(27)26-15-18(6-9-21(26)23-20)16-10-12-25(3)13-11-16/h4-10,14-15H,11-13H2,1-3H3. The molecule has 5 heteroatoms. The summed E-state index contributed by atoms with van der Waals surface area (Å²) in [6.07, 6.45) is 5.16. The summed E-state index contributed by atoms with van der Waals surface area (Å²) in [6, 6.07) is 13.7. The predicted molar refractivity (Wildman–Crippen MR) is 111 cm³/mol. The smallest absolute Gasteiger partial charge is 0.258 e. The highest BCUT2D eigenvalue weighted by molar-refractivity contribution is 5.69. The van der Waals surface area contributed by atoms with Crippen molar-refractivity contribution in [3.8, 4) is 11.3 Å². The monoisotopic (exact) mass is 360 g/mol. The summed E-state index contributed by atoms with van der Waals surface area (Å²) in [5.41, 5.74) is 5.78. The molecule has 0 N–H and O–H groups in total. The molecule has 1 aromatic carbocycles. The third-order valence-electron chi connectivity index (χ3n) is 5.12. The molecule has 1 aliphatic heterocycles. The van der Waals surface area contributed by atoms with Crippen molar-refractivity contribution in [3.63, 3.8) is 0 Å². The zero-order valence-corrected chi connectivity index (χ0v) is 16.0. The lowest BCUT2D eigenvalue weighted by Crippen LogP contribution is -2.24. The van der Waals surface area contributed by atoms with Gasteiger partial charge in [-0.2, -0.15) is 0 Å². The molecule has 0 fully saturated rings. The number of nitrogens with zero attached hydrogens (tertiary/aromatic N) is 4. The van der Waals surface area contributed by atoms with Crippen LogP contribution < -0.4 is 10.5 Å². The van der Waals surface area contributed by atoms with Crippen LogP contribution in [0.5, 0.6) is 0 Å². The van der Waals surface area contributed by atoms with Crippen LogP contribution in [0.3, 0.4) is 0 Å². The molecule has 5 nitrogen and oxygen atoms in total. The van der Waals surface area contributed by atoms with Crippen LogP contribution in [0.1, 0.15) is 12.0 Å². The van der Waals surface area contributed by atoms with Gasteiger partial charge in [0.25, 0.3) is 5.56 Å². The molecule has 3 heterocycles. The molecule has 0 atom stereocenters. The van der Waals surface area contributed by atoms with E-state index in [1.165, 1.54) is 5.57 Å². The summed E-state index contributed by atoms with van der Waals surface area (Å²) >= 11 is 0. The average molecular weight is 360 g/mol. The first-order valence-electron chi connectivity index (χ1n) is 9.20. The van der Waals surface area contributed by atoms with Gasteiger partial charge in [0.05, 0.1) is 5.69 Å². The summed E-state index contributed by atoms with van der Waals surface area (Å²) in [4.78, 5) is 21.8. The third kappa shape index (κ3) is 3.51. The highest BCUT2D eigenvalue weighted by atomic mass is 16.1. The molecule has 3 aromatic rings. The quantitative estimate of drug-likeness (QED) is 0.719. The van der Waals surface area contributed by atoms with Crippen molar-refractivity contribution in [1.82, 2.24) is 14.3 Å². The Morgan fingerprint density at radius 3 is 2.44 bits per heavy atom. The summed E-state index contributed by atoms with van der Waals surface area (Å²) in [5.74, 6) is 0. The van der Waals surface area contributed by atoms with Crippen molar-refractivity contribution in [2.75, 3.05) is 39.1 Å². The summed E-state index contributed by atoms with van der Waals surface area (Å²) in [7, 11) is 6.13. The number of anilines is 1. The van der Waals surface area contributed by atoms with Crippen molar-refractivity contribution in [2.45, 2.75) is 6.42 Å². The van der Waals surface area contributed by atoms with Gasteiger partial charge in [-0.05, 0) is 48.9 Å². The molecule has 0 aliphatic carbocycles. The number of rotatable bonds is 3. The van der Waals surface area contributed by atoms with E-state index in [1.807, 2.05) is 55.5 Å². The van der Waals surface area contributed by atoms with E-state index in [1.54, 1.807) is 10.5 Å². The van der Waals surface area contributed by atoms with Gasteiger partial charge in [0.2, 0.25) is 0 Å². The molecule has 2 aromatic heterocycles. The molecule has 0 radical (unpaired) electrons. The summed E-state index contributed by atoms with van der Waals surface area (Å²) in [6.45, 7) is 1.99. The highest BCUT2D eigenvalue weighted by Gasteiger charge is 2.11. The van der Waals surface area contributed by atoms with Gasteiger partial charge in [-0.3, -0.25) is 9.20 Å². The Bertz CT molecular complexity index is 1060. The van der Waals surface area contributed by atoms with Gasteiger partial charge in [-0.15, -0.1) is 0 Å². The minimum atomic E-state index is -0.0536. The Labute approximate surface area is 159 Å². The van der Waals surface area contributed by atoms with E-state index in [0.29, 0.717) is 11.3 Å². The van der Waals surface area contributed by atoms with E-state index in [2.05, 4.69) is 24.1 Å². The van der Waals surface area contributed by atoms with Crippen molar-refractivity contribution in [3.05, 3.63) is 70.7 Å². The average Bonchev–Trinajstić information content (AvgIpc) is 2.68. The van der Waals surface area contributed by atoms with Crippen LogP contribution in [0.25, 0.3) is 22.5 Å². The summed E-state index contributed by atoms with van der Waals surface area (Å²) < 4.78 is 1.65. The number of fused-ring (bicyclic) bond motifs is 1. The van der Waals surface area contributed by atoms with Crippen LogP contribution in [0.2, 0.25) is 0 Å². The minimum absolute atomic E-state index is 0.0536. The molecule has 4 rings (SSSR count). The fourth-order valence-corrected chi connectivity index (χ4v) is 3.40. The predicted octanol–water partition coefficient (Wildman–Crippen LogP) is 3.15. The van der Waals surface area contributed by atoms with E-state index in [4.69, 9.17) is 4.98 Å². The van der Waals surface area contributed by atoms with Gasteiger partial charge in [-0.1, -0.05) is 18.2 Å².